The van der Waals surface area contributed by atoms with Gasteiger partial charge in [0.2, 0.25) is 17.7 Å². The number of carbonyl (C=O) groups excluding carboxylic acids is 3. The van der Waals surface area contributed by atoms with Crippen molar-refractivity contribution < 1.29 is 14.4 Å². The van der Waals surface area contributed by atoms with Gasteiger partial charge in [0.1, 0.15) is 16.0 Å². The lowest BCUT2D eigenvalue weighted by Gasteiger charge is -2.25. The SMILES string of the molecule is CCNC(=O)C(C#N)C1SC(CNc2cccc(NC(=O)C3(C#N)CC3)c2)C(=O)N1CC. The van der Waals surface area contributed by atoms with Crippen LogP contribution in [0.15, 0.2) is 24.3 Å². The first kappa shape index (κ1) is 23.4. The van der Waals surface area contributed by atoms with Gasteiger partial charge in [0.15, 0.2) is 5.92 Å². The van der Waals surface area contributed by atoms with Crippen molar-refractivity contribution in [1.29, 1.82) is 10.5 Å². The topological polar surface area (TPSA) is 138 Å². The molecule has 10 heteroatoms. The predicted octanol–water partition coefficient (Wildman–Crippen LogP) is 1.91. The summed E-state index contributed by atoms with van der Waals surface area (Å²) in [6.07, 6.45) is 1.15. The summed E-state index contributed by atoms with van der Waals surface area (Å²) in [6.45, 7) is 4.75. The molecule has 1 aromatic carbocycles. The molecule has 0 radical (unpaired) electrons. The molecule has 3 atom stereocenters. The Hall–Kier alpha value is -3.24. The molecule has 1 saturated heterocycles. The van der Waals surface area contributed by atoms with Crippen molar-refractivity contribution in [2.45, 2.75) is 37.3 Å². The number of nitrogens with zero attached hydrogens (tertiary/aromatic N) is 3. The van der Waals surface area contributed by atoms with Gasteiger partial charge in [-0.3, -0.25) is 14.4 Å². The summed E-state index contributed by atoms with van der Waals surface area (Å²) in [7, 11) is 0. The van der Waals surface area contributed by atoms with Crippen LogP contribution in [0.2, 0.25) is 0 Å². The van der Waals surface area contributed by atoms with Crippen LogP contribution in [0.4, 0.5) is 11.4 Å². The zero-order valence-electron chi connectivity index (χ0n) is 18.1. The minimum atomic E-state index is -0.942. The number of thioether (sulfide) groups is 1. The monoisotopic (exact) mass is 454 g/mol. The maximum absolute atomic E-state index is 12.9. The first-order chi connectivity index (χ1) is 15.4. The van der Waals surface area contributed by atoms with E-state index in [2.05, 4.69) is 22.0 Å². The molecule has 3 amide bonds. The summed E-state index contributed by atoms with van der Waals surface area (Å²) in [5, 5.41) is 26.4. The Labute approximate surface area is 191 Å². The highest BCUT2D eigenvalue weighted by atomic mass is 32.2. The number of amides is 3. The molecule has 1 aromatic rings. The number of hydrogen-bond acceptors (Lipinski definition) is 7. The van der Waals surface area contributed by atoms with Gasteiger partial charge in [0.05, 0.1) is 12.1 Å². The lowest BCUT2D eigenvalue weighted by molar-refractivity contribution is -0.131. The Kier molecular flexibility index (Phi) is 7.26. The summed E-state index contributed by atoms with van der Waals surface area (Å²) in [5.74, 6) is -1.73. The van der Waals surface area contributed by atoms with Gasteiger partial charge in [-0.05, 0) is 44.9 Å². The van der Waals surface area contributed by atoms with Gasteiger partial charge < -0.3 is 20.9 Å². The molecule has 2 fully saturated rings. The molecule has 9 nitrogen and oxygen atoms in total. The van der Waals surface area contributed by atoms with E-state index in [1.807, 2.05) is 19.1 Å². The third-order valence-corrected chi connectivity index (χ3v) is 7.08. The molecular formula is C22H26N6O3S. The maximum Gasteiger partial charge on any atom is 0.244 e. The molecule has 2 aliphatic rings. The second-order valence-corrected chi connectivity index (χ2v) is 9.07. The Morgan fingerprint density at radius 3 is 2.59 bits per heavy atom. The van der Waals surface area contributed by atoms with Gasteiger partial charge in [-0.1, -0.05) is 6.07 Å². The molecule has 0 spiro atoms. The van der Waals surface area contributed by atoms with E-state index in [-0.39, 0.29) is 17.7 Å². The zero-order chi connectivity index (χ0) is 23.3. The van der Waals surface area contributed by atoms with Crippen LogP contribution in [0.5, 0.6) is 0 Å². The van der Waals surface area contributed by atoms with Crippen molar-refractivity contribution >= 4 is 40.9 Å². The quantitative estimate of drug-likeness (QED) is 0.518. The smallest absolute Gasteiger partial charge is 0.244 e. The molecule has 3 rings (SSSR count). The van der Waals surface area contributed by atoms with E-state index in [1.54, 1.807) is 30.0 Å². The number of anilines is 2. The van der Waals surface area contributed by atoms with Crippen LogP contribution in [-0.4, -0.2) is 52.9 Å². The third kappa shape index (κ3) is 4.81. The van der Waals surface area contributed by atoms with E-state index >= 15 is 0 Å². The largest absolute Gasteiger partial charge is 0.383 e. The summed E-state index contributed by atoms with van der Waals surface area (Å²) >= 11 is 1.31. The molecule has 1 aliphatic heterocycles. The van der Waals surface area contributed by atoms with Crippen molar-refractivity contribution in [3.05, 3.63) is 24.3 Å². The van der Waals surface area contributed by atoms with Crippen molar-refractivity contribution in [1.82, 2.24) is 10.2 Å². The van der Waals surface area contributed by atoms with Gasteiger partial charge in [-0.25, -0.2) is 0 Å². The van der Waals surface area contributed by atoms with Crippen molar-refractivity contribution in [2.24, 2.45) is 11.3 Å². The van der Waals surface area contributed by atoms with E-state index in [0.29, 0.717) is 43.9 Å². The van der Waals surface area contributed by atoms with Crippen LogP contribution in [0, 0.1) is 34.0 Å². The number of hydrogen-bond donors (Lipinski definition) is 3. The lowest BCUT2D eigenvalue weighted by atomic mass is 10.1. The van der Waals surface area contributed by atoms with Crippen molar-refractivity contribution in [3.8, 4) is 12.1 Å². The molecule has 1 aliphatic carbocycles. The molecule has 32 heavy (non-hydrogen) atoms. The molecular weight excluding hydrogens is 428 g/mol. The second kappa shape index (κ2) is 9.92. The minimum Gasteiger partial charge on any atom is -0.383 e. The summed E-state index contributed by atoms with van der Waals surface area (Å²) in [4.78, 5) is 39.0. The standard InChI is InChI=1S/C22H26N6O3S/c1-3-25-18(29)16(11-23)20-28(4-2)19(30)17(32-20)12-26-14-6-5-7-15(10-14)27-21(31)22(13-24)8-9-22/h5-7,10,16-17,20,26H,3-4,8-9,12H2,1-2H3,(H,25,29)(H,27,31). The molecule has 1 heterocycles. The molecule has 0 bridgehead atoms. The number of benzene rings is 1. The molecule has 0 aromatic heterocycles. The maximum atomic E-state index is 12.9. The Morgan fingerprint density at radius 1 is 1.28 bits per heavy atom. The normalized spacial score (nSPS) is 21.8. The van der Waals surface area contributed by atoms with Gasteiger partial charge in [0, 0.05) is 31.0 Å². The average Bonchev–Trinajstić information content (AvgIpc) is 3.53. The van der Waals surface area contributed by atoms with Crippen LogP contribution in [0.3, 0.4) is 0 Å². The first-order valence-electron chi connectivity index (χ1n) is 10.6. The Balaban J connectivity index is 1.63. The Bertz CT molecular complexity index is 981. The Morgan fingerprint density at radius 2 is 2.00 bits per heavy atom. The highest BCUT2D eigenvalue weighted by Crippen LogP contribution is 2.45. The molecule has 1 saturated carbocycles. The number of carbonyl (C=O) groups is 3. The van der Waals surface area contributed by atoms with E-state index in [9.17, 15) is 19.6 Å². The van der Waals surface area contributed by atoms with Crippen LogP contribution in [-0.2, 0) is 14.4 Å². The predicted molar refractivity (Wildman–Crippen MR) is 121 cm³/mol. The minimum absolute atomic E-state index is 0.117. The highest BCUT2D eigenvalue weighted by molar-refractivity contribution is 8.01. The van der Waals surface area contributed by atoms with Crippen LogP contribution >= 0.6 is 11.8 Å². The van der Waals surface area contributed by atoms with E-state index in [0.717, 1.165) is 0 Å². The fourth-order valence-corrected chi connectivity index (χ4v) is 5.07. The second-order valence-electron chi connectivity index (χ2n) is 7.75. The molecule has 168 valence electrons. The summed E-state index contributed by atoms with van der Waals surface area (Å²) < 4.78 is 0. The fraction of sp³-hybridized carbons (Fsp3) is 0.500. The van der Waals surface area contributed by atoms with E-state index in [4.69, 9.17) is 5.26 Å². The van der Waals surface area contributed by atoms with Crippen molar-refractivity contribution in [3.63, 3.8) is 0 Å². The average molecular weight is 455 g/mol. The zero-order valence-corrected chi connectivity index (χ0v) is 18.9. The fourth-order valence-electron chi connectivity index (χ4n) is 3.56. The van der Waals surface area contributed by atoms with E-state index in [1.165, 1.54) is 11.8 Å². The van der Waals surface area contributed by atoms with Gasteiger partial charge in [-0.15, -0.1) is 11.8 Å². The molecule has 3 N–H and O–H groups in total. The summed E-state index contributed by atoms with van der Waals surface area (Å²) in [5.41, 5.74) is 0.377. The highest BCUT2D eigenvalue weighted by Gasteiger charge is 2.50. The van der Waals surface area contributed by atoms with Crippen LogP contribution in [0.25, 0.3) is 0 Å². The number of nitriles is 2. The van der Waals surface area contributed by atoms with Gasteiger partial charge in [-0.2, -0.15) is 10.5 Å². The lowest BCUT2D eigenvalue weighted by Crippen LogP contribution is -2.44. The van der Waals surface area contributed by atoms with Crippen LogP contribution in [0.1, 0.15) is 26.7 Å². The summed E-state index contributed by atoms with van der Waals surface area (Å²) in [6, 6.07) is 11.2. The van der Waals surface area contributed by atoms with Gasteiger partial charge >= 0.3 is 0 Å². The number of rotatable bonds is 9. The number of nitrogens with one attached hydrogen (secondary N) is 3. The van der Waals surface area contributed by atoms with Crippen molar-refractivity contribution in [2.75, 3.05) is 30.3 Å². The van der Waals surface area contributed by atoms with Crippen LogP contribution < -0.4 is 16.0 Å². The van der Waals surface area contributed by atoms with E-state index < -0.39 is 22.0 Å². The first-order valence-corrected chi connectivity index (χ1v) is 11.5. The third-order valence-electron chi connectivity index (χ3n) is 5.58. The van der Waals surface area contributed by atoms with Gasteiger partial charge in [0.25, 0.3) is 0 Å². The molecule has 3 unspecified atom stereocenters.